The number of aliphatic imine (C=N–C) groups is 1. The maximum Gasteiger partial charge on any atom is 0.0953 e. The van der Waals surface area contributed by atoms with Crippen molar-refractivity contribution in [1.82, 2.24) is 15.3 Å². The standard InChI is InChI=1S/C46H38N4/c1-46(2,3)38-30-37(31-14-6-4-7-15-31)44-45(41(38)34-16-8-5-9-17-34)50-43(36-26-22-33(23-27-36)40-19-11-13-29-48-40)42(49-44)35-24-20-32(21-25-35)39-18-10-12-28-47-39/h4-30,44,49H,1-3H3. The van der Waals surface area contributed by atoms with Crippen LogP contribution in [0.4, 0.5) is 0 Å². The van der Waals surface area contributed by atoms with Gasteiger partial charge in [-0.05, 0) is 57.5 Å². The van der Waals surface area contributed by atoms with E-state index in [2.05, 4.69) is 151 Å². The average Bonchev–Trinajstić information content (AvgIpc) is 3.18. The Labute approximate surface area is 294 Å². The van der Waals surface area contributed by atoms with Crippen LogP contribution in [-0.4, -0.2) is 21.7 Å². The van der Waals surface area contributed by atoms with Crippen LogP contribution >= 0.6 is 0 Å². The molecule has 1 aliphatic carbocycles. The summed E-state index contributed by atoms with van der Waals surface area (Å²) in [6.45, 7) is 6.88. The zero-order chi connectivity index (χ0) is 34.1. The fraction of sp³-hybridized carbons (Fsp3) is 0.109. The average molecular weight is 647 g/mol. The predicted molar refractivity (Wildman–Crippen MR) is 208 cm³/mol. The van der Waals surface area contributed by atoms with Crippen molar-refractivity contribution in [2.75, 3.05) is 0 Å². The quantitative estimate of drug-likeness (QED) is 0.196. The van der Waals surface area contributed by atoms with E-state index in [1.54, 1.807) is 0 Å². The van der Waals surface area contributed by atoms with E-state index >= 15 is 0 Å². The summed E-state index contributed by atoms with van der Waals surface area (Å²) in [5, 5.41) is 4.06. The van der Waals surface area contributed by atoms with Gasteiger partial charge >= 0.3 is 0 Å². The normalized spacial score (nSPS) is 15.9. The van der Waals surface area contributed by atoms with Crippen LogP contribution in [0, 0.1) is 5.41 Å². The van der Waals surface area contributed by atoms with Gasteiger partial charge in [-0.25, -0.2) is 4.99 Å². The lowest BCUT2D eigenvalue weighted by molar-refractivity contribution is 0.518. The van der Waals surface area contributed by atoms with Gasteiger partial charge in [-0.1, -0.05) is 148 Å². The van der Waals surface area contributed by atoms with Crippen LogP contribution in [0.3, 0.4) is 0 Å². The van der Waals surface area contributed by atoms with Crippen molar-refractivity contribution in [3.05, 3.63) is 192 Å². The molecule has 8 rings (SSSR count). The summed E-state index contributed by atoms with van der Waals surface area (Å²) < 4.78 is 0. The van der Waals surface area contributed by atoms with Gasteiger partial charge in [0.05, 0.1) is 34.5 Å². The molecule has 0 bridgehead atoms. The SMILES string of the molecule is CC(C)(C)C1=C(c2ccccc2)C2=NC(c3ccc(-c4ccccn4)cc3)=C(c3ccc(-c4ccccn4)cc3)NC2C(c2ccccc2)=C1. The minimum atomic E-state index is -0.166. The molecule has 0 amide bonds. The first kappa shape index (κ1) is 31.2. The van der Waals surface area contributed by atoms with Crippen molar-refractivity contribution in [3.63, 3.8) is 0 Å². The first-order valence-electron chi connectivity index (χ1n) is 17.1. The second kappa shape index (κ2) is 13.1. The highest BCUT2D eigenvalue weighted by molar-refractivity contribution is 6.35. The molecular formula is C46H38N4. The highest BCUT2D eigenvalue weighted by Gasteiger charge is 2.38. The summed E-state index contributed by atoms with van der Waals surface area (Å²) in [6.07, 6.45) is 6.07. The van der Waals surface area contributed by atoms with Crippen molar-refractivity contribution in [2.24, 2.45) is 10.4 Å². The molecule has 0 fully saturated rings. The molecule has 1 atom stereocenters. The maximum absolute atomic E-state index is 5.72. The number of aromatic nitrogens is 2. The van der Waals surface area contributed by atoms with E-state index < -0.39 is 0 Å². The highest BCUT2D eigenvalue weighted by atomic mass is 15.0. The van der Waals surface area contributed by atoms with Crippen LogP contribution in [0.15, 0.2) is 175 Å². The van der Waals surface area contributed by atoms with E-state index in [-0.39, 0.29) is 11.5 Å². The molecule has 2 aromatic heterocycles. The molecule has 1 N–H and O–H groups in total. The van der Waals surface area contributed by atoms with Crippen LogP contribution in [-0.2, 0) is 0 Å². The number of allylic oxidation sites excluding steroid dienone is 2. The van der Waals surface area contributed by atoms with E-state index in [0.29, 0.717) is 0 Å². The van der Waals surface area contributed by atoms with E-state index in [9.17, 15) is 0 Å². The molecule has 50 heavy (non-hydrogen) atoms. The summed E-state index contributed by atoms with van der Waals surface area (Å²) >= 11 is 0. The van der Waals surface area contributed by atoms with Gasteiger partial charge in [0.15, 0.2) is 0 Å². The van der Waals surface area contributed by atoms with Gasteiger partial charge in [-0.3, -0.25) is 9.97 Å². The first-order valence-corrected chi connectivity index (χ1v) is 17.1. The molecule has 0 spiro atoms. The number of hydrogen-bond donors (Lipinski definition) is 1. The first-order chi connectivity index (χ1) is 24.4. The lowest BCUT2D eigenvalue weighted by Gasteiger charge is -2.39. The minimum absolute atomic E-state index is 0.130. The number of pyridine rings is 2. The second-order valence-corrected chi connectivity index (χ2v) is 13.8. The summed E-state index contributed by atoms with van der Waals surface area (Å²) in [5.41, 5.74) is 14.9. The molecule has 242 valence electrons. The molecule has 0 radical (unpaired) electrons. The smallest absolute Gasteiger partial charge is 0.0953 e. The molecule has 2 aliphatic rings. The van der Waals surface area contributed by atoms with Crippen molar-refractivity contribution in [1.29, 1.82) is 0 Å². The number of hydrogen-bond acceptors (Lipinski definition) is 4. The lowest BCUT2D eigenvalue weighted by Crippen LogP contribution is -2.43. The van der Waals surface area contributed by atoms with E-state index in [4.69, 9.17) is 4.99 Å². The Bertz CT molecular complexity index is 2260. The summed E-state index contributed by atoms with van der Waals surface area (Å²) in [4.78, 5) is 14.9. The predicted octanol–water partition coefficient (Wildman–Crippen LogP) is 10.6. The van der Waals surface area contributed by atoms with Crippen LogP contribution in [0.5, 0.6) is 0 Å². The van der Waals surface area contributed by atoms with Gasteiger partial charge in [0.1, 0.15) is 0 Å². The maximum atomic E-state index is 5.72. The number of nitrogens with one attached hydrogen (secondary N) is 1. The topological polar surface area (TPSA) is 50.2 Å². The number of nitrogens with zero attached hydrogens (tertiary/aromatic N) is 3. The summed E-state index contributed by atoms with van der Waals surface area (Å²) in [7, 11) is 0. The Morgan fingerprint density at radius 1 is 0.500 bits per heavy atom. The third-order valence-corrected chi connectivity index (χ3v) is 9.40. The third-order valence-electron chi connectivity index (χ3n) is 9.40. The monoisotopic (exact) mass is 646 g/mol. The van der Waals surface area contributed by atoms with Gasteiger partial charge in [0.2, 0.25) is 0 Å². The summed E-state index contributed by atoms with van der Waals surface area (Å²) in [6, 6.07) is 50.6. The zero-order valence-corrected chi connectivity index (χ0v) is 28.5. The van der Waals surface area contributed by atoms with Crippen LogP contribution in [0.25, 0.3) is 45.1 Å². The molecule has 4 aromatic carbocycles. The number of benzene rings is 4. The molecule has 0 saturated carbocycles. The number of rotatable bonds is 6. The molecule has 4 heteroatoms. The third kappa shape index (κ3) is 6.01. The van der Waals surface area contributed by atoms with Crippen molar-refractivity contribution in [3.8, 4) is 22.5 Å². The van der Waals surface area contributed by atoms with Crippen LogP contribution in [0.2, 0.25) is 0 Å². The Hall–Kier alpha value is -6.13. The van der Waals surface area contributed by atoms with E-state index in [1.807, 2.05) is 48.8 Å². The fourth-order valence-corrected chi connectivity index (χ4v) is 6.88. The molecule has 3 heterocycles. The minimum Gasteiger partial charge on any atom is -0.370 e. The van der Waals surface area contributed by atoms with Crippen molar-refractivity contribution in [2.45, 2.75) is 26.8 Å². The molecule has 6 aromatic rings. The zero-order valence-electron chi connectivity index (χ0n) is 28.5. The van der Waals surface area contributed by atoms with Crippen LogP contribution in [0.1, 0.15) is 43.0 Å². The van der Waals surface area contributed by atoms with E-state index in [1.165, 1.54) is 27.8 Å². The van der Waals surface area contributed by atoms with Gasteiger partial charge in [0.25, 0.3) is 0 Å². The Kier molecular flexibility index (Phi) is 8.14. The van der Waals surface area contributed by atoms with Crippen molar-refractivity contribution < 1.29 is 0 Å². The Morgan fingerprint density at radius 2 is 1.00 bits per heavy atom. The molecule has 1 unspecified atom stereocenters. The lowest BCUT2D eigenvalue weighted by atomic mass is 9.72. The Morgan fingerprint density at radius 3 is 1.52 bits per heavy atom. The largest absolute Gasteiger partial charge is 0.370 e. The molecule has 0 saturated heterocycles. The summed E-state index contributed by atoms with van der Waals surface area (Å²) in [5.74, 6) is 0. The fourth-order valence-electron chi connectivity index (χ4n) is 6.88. The Balaban J connectivity index is 1.36. The van der Waals surface area contributed by atoms with Gasteiger partial charge in [-0.15, -0.1) is 0 Å². The van der Waals surface area contributed by atoms with Gasteiger partial charge in [-0.2, -0.15) is 0 Å². The van der Waals surface area contributed by atoms with Gasteiger partial charge in [0, 0.05) is 34.7 Å². The highest BCUT2D eigenvalue weighted by Crippen LogP contribution is 2.45. The molecular weight excluding hydrogens is 609 g/mol. The molecule has 1 aliphatic heterocycles. The molecule has 4 nitrogen and oxygen atoms in total. The number of fused-ring (bicyclic) bond motifs is 1. The van der Waals surface area contributed by atoms with Gasteiger partial charge < -0.3 is 5.32 Å². The van der Waals surface area contributed by atoms with Crippen LogP contribution < -0.4 is 5.32 Å². The van der Waals surface area contributed by atoms with Crippen molar-refractivity contribution >= 4 is 28.3 Å². The van der Waals surface area contributed by atoms with E-state index in [0.717, 1.165) is 50.7 Å². The second-order valence-electron chi connectivity index (χ2n) is 13.8.